The van der Waals surface area contributed by atoms with E-state index < -0.39 is 0 Å². The van der Waals surface area contributed by atoms with Gasteiger partial charge in [-0.3, -0.25) is 9.89 Å². The molecule has 1 unspecified atom stereocenters. The molecule has 2 aromatic rings. The Hall–Kier alpha value is -2.30. The van der Waals surface area contributed by atoms with Crippen molar-refractivity contribution in [3.05, 3.63) is 47.7 Å². The Bertz CT molecular complexity index is 540. The van der Waals surface area contributed by atoms with E-state index in [0.29, 0.717) is 5.76 Å². The summed E-state index contributed by atoms with van der Waals surface area (Å²) in [7, 11) is 0. The van der Waals surface area contributed by atoms with Crippen molar-refractivity contribution in [3.8, 4) is 0 Å². The molecule has 5 heteroatoms. The number of amides is 1. The fraction of sp³-hybridized carbons (Fsp3) is 0.231. The van der Waals surface area contributed by atoms with Gasteiger partial charge in [0.05, 0.1) is 12.2 Å². The molecular weight excluding hydrogens is 230 g/mol. The van der Waals surface area contributed by atoms with Gasteiger partial charge in [0, 0.05) is 17.8 Å². The van der Waals surface area contributed by atoms with Crippen molar-refractivity contribution >= 4 is 12.0 Å². The molecule has 0 saturated carbocycles. The van der Waals surface area contributed by atoms with E-state index in [9.17, 15) is 4.79 Å². The van der Waals surface area contributed by atoms with Crippen molar-refractivity contribution < 1.29 is 9.21 Å². The predicted octanol–water partition coefficient (Wildman–Crippen LogP) is 2.20. The fourth-order valence-corrected chi connectivity index (χ4v) is 1.54. The number of carbonyl (C=O) groups is 1. The summed E-state index contributed by atoms with van der Waals surface area (Å²) in [6, 6.07) is 3.59. The molecule has 5 nitrogen and oxygen atoms in total. The predicted molar refractivity (Wildman–Crippen MR) is 67.6 cm³/mol. The van der Waals surface area contributed by atoms with Gasteiger partial charge in [-0.25, -0.2) is 0 Å². The Morgan fingerprint density at radius 1 is 1.56 bits per heavy atom. The van der Waals surface area contributed by atoms with Crippen molar-refractivity contribution in [2.75, 3.05) is 0 Å². The van der Waals surface area contributed by atoms with E-state index in [1.165, 1.54) is 6.08 Å². The molecule has 0 saturated heterocycles. The molecule has 0 fully saturated rings. The summed E-state index contributed by atoms with van der Waals surface area (Å²) in [6.45, 7) is 3.76. The van der Waals surface area contributed by atoms with Crippen LogP contribution in [0.15, 0.2) is 35.0 Å². The van der Waals surface area contributed by atoms with Crippen LogP contribution in [0.2, 0.25) is 0 Å². The van der Waals surface area contributed by atoms with Crippen LogP contribution < -0.4 is 5.32 Å². The standard InChI is InChI=1S/C13H15N3O2/c1-9-3-4-12(18-9)5-6-13(17)16-10(2)11-7-14-15-8-11/h3-8,10H,1-2H3,(H,14,15)(H,16,17)/b6-5+. The third-order valence-corrected chi connectivity index (χ3v) is 2.54. The molecule has 1 atom stereocenters. The van der Waals surface area contributed by atoms with Crippen LogP contribution in [0.3, 0.4) is 0 Å². The van der Waals surface area contributed by atoms with Gasteiger partial charge in [0.15, 0.2) is 0 Å². The van der Waals surface area contributed by atoms with Gasteiger partial charge in [-0.2, -0.15) is 5.10 Å². The summed E-state index contributed by atoms with van der Waals surface area (Å²) < 4.78 is 5.33. The smallest absolute Gasteiger partial charge is 0.244 e. The summed E-state index contributed by atoms with van der Waals surface area (Å²) >= 11 is 0. The summed E-state index contributed by atoms with van der Waals surface area (Å²) in [5.74, 6) is 1.32. The third-order valence-electron chi connectivity index (χ3n) is 2.54. The molecule has 0 aliphatic carbocycles. The van der Waals surface area contributed by atoms with Crippen LogP contribution in [-0.2, 0) is 4.79 Å². The van der Waals surface area contributed by atoms with Crippen molar-refractivity contribution in [1.82, 2.24) is 15.5 Å². The summed E-state index contributed by atoms with van der Waals surface area (Å²) in [5.41, 5.74) is 0.936. The lowest BCUT2D eigenvalue weighted by atomic mass is 10.2. The molecule has 0 radical (unpaired) electrons. The highest BCUT2D eigenvalue weighted by Crippen LogP contribution is 2.10. The van der Waals surface area contributed by atoms with E-state index in [1.807, 2.05) is 26.0 Å². The maximum absolute atomic E-state index is 11.7. The lowest BCUT2D eigenvalue weighted by molar-refractivity contribution is -0.117. The van der Waals surface area contributed by atoms with E-state index in [1.54, 1.807) is 18.5 Å². The Morgan fingerprint density at radius 3 is 3.00 bits per heavy atom. The Morgan fingerprint density at radius 2 is 2.39 bits per heavy atom. The van der Waals surface area contributed by atoms with E-state index in [0.717, 1.165) is 11.3 Å². The molecule has 2 heterocycles. The quantitative estimate of drug-likeness (QED) is 0.811. The normalized spacial score (nSPS) is 12.8. The lowest BCUT2D eigenvalue weighted by Gasteiger charge is -2.09. The van der Waals surface area contributed by atoms with Crippen LogP contribution >= 0.6 is 0 Å². The van der Waals surface area contributed by atoms with Crippen LogP contribution in [0.4, 0.5) is 0 Å². The maximum atomic E-state index is 11.7. The van der Waals surface area contributed by atoms with Gasteiger partial charge < -0.3 is 9.73 Å². The highest BCUT2D eigenvalue weighted by Gasteiger charge is 2.08. The second-order valence-electron chi connectivity index (χ2n) is 4.04. The molecule has 0 spiro atoms. The largest absolute Gasteiger partial charge is 0.462 e. The zero-order valence-corrected chi connectivity index (χ0v) is 10.3. The Balaban J connectivity index is 1.91. The number of furan rings is 1. The number of hydrogen-bond donors (Lipinski definition) is 2. The van der Waals surface area contributed by atoms with Gasteiger partial charge in [-0.15, -0.1) is 0 Å². The summed E-state index contributed by atoms with van der Waals surface area (Å²) in [6.07, 6.45) is 6.54. The van der Waals surface area contributed by atoms with Crippen molar-refractivity contribution in [2.24, 2.45) is 0 Å². The molecule has 0 aliphatic rings. The second-order valence-corrected chi connectivity index (χ2v) is 4.04. The number of H-pyrrole nitrogens is 1. The number of hydrogen-bond acceptors (Lipinski definition) is 3. The maximum Gasteiger partial charge on any atom is 0.244 e. The van der Waals surface area contributed by atoms with Gasteiger partial charge >= 0.3 is 0 Å². The SMILES string of the molecule is Cc1ccc(/C=C/C(=O)NC(C)c2cn[nH]c2)o1. The summed E-state index contributed by atoms with van der Waals surface area (Å²) in [5, 5.41) is 9.38. The van der Waals surface area contributed by atoms with Gasteiger partial charge in [0.25, 0.3) is 0 Å². The van der Waals surface area contributed by atoms with Crippen molar-refractivity contribution in [2.45, 2.75) is 19.9 Å². The molecule has 0 aliphatic heterocycles. The molecule has 0 aromatic carbocycles. The van der Waals surface area contributed by atoms with E-state index in [4.69, 9.17) is 4.42 Å². The number of nitrogens with one attached hydrogen (secondary N) is 2. The first-order chi connectivity index (χ1) is 8.65. The minimum Gasteiger partial charge on any atom is -0.462 e. The molecule has 1 amide bonds. The molecule has 94 valence electrons. The van der Waals surface area contributed by atoms with Gasteiger partial charge in [-0.1, -0.05) is 0 Å². The van der Waals surface area contributed by atoms with Gasteiger partial charge in [0.2, 0.25) is 5.91 Å². The van der Waals surface area contributed by atoms with E-state index in [-0.39, 0.29) is 11.9 Å². The van der Waals surface area contributed by atoms with E-state index >= 15 is 0 Å². The molecule has 2 N–H and O–H groups in total. The number of carbonyl (C=O) groups excluding carboxylic acids is 1. The van der Waals surface area contributed by atoms with Gasteiger partial charge in [0.1, 0.15) is 11.5 Å². The Labute approximate surface area is 105 Å². The average Bonchev–Trinajstić information content (AvgIpc) is 2.97. The number of aryl methyl sites for hydroxylation is 1. The van der Waals surface area contributed by atoms with Crippen LogP contribution in [0.5, 0.6) is 0 Å². The zero-order chi connectivity index (χ0) is 13.0. The van der Waals surface area contributed by atoms with Crippen molar-refractivity contribution in [3.63, 3.8) is 0 Å². The lowest BCUT2D eigenvalue weighted by Crippen LogP contribution is -2.24. The monoisotopic (exact) mass is 245 g/mol. The highest BCUT2D eigenvalue weighted by molar-refractivity contribution is 5.91. The number of aromatic nitrogens is 2. The zero-order valence-electron chi connectivity index (χ0n) is 10.3. The topological polar surface area (TPSA) is 70.9 Å². The van der Waals surface area contributed by atoms with Crippen LogP contribution in [0, 0.1) is 6.92 Å². The molecule has 18 heavy (non-hydrogen) atoms. The molecule has 2 rings (SSSR count). The third kappa shape index (κ3) is 3.10. The fourth-order valence-electron chi connectivity index (χ4n) is 1.54. The van der Waals surface area contributed by atoms with Crippen LogP contribution in [-0.4, -0.2) is 16.1 Å². The van der Waals surface area contributed by atoms with Crippen LogP contribution in [0.25, 0.3) is 6.08 Å². The van der Waals surface area contributed by atoms with Crippen molar-refractivity contribution in [1.29, 1.82) is 0 Å². The minimum absolute atomic E-state index is 0.0840. The summed E-state index contributed by atoms with van der Waals surface area (Å²) in [4.78, 5) is 11.7. The minimum atomic E-state index is -0.169. The average molecular weight is 245 g/mol. The molecular formula is C13H15N3O2. The number of nitrogens with zero attached hydrogens (tertiary/aromatic N) is 1. The first kappa shape index (κ1) is 12.2. The van der Waals surface area contributed by atoms with Crippen LogP contribution in [0.1, 0.15) is 30.0 Å². The second kappa shape index (κ2) is 5.35. The highest BCUT2D eigenvalue weighted by atomic mass is 16.3. The van der Waals surface area contributed by atoms with Gasteiger partial charge in [-0.05, 0) is 32.1 Å². The first-order valence-electron chi connectivity index (χ1n) is 5.69. The first-order valence-corrected chi connectivity index (χ1v) is 5.69. The molecule has 0 bridgehead atoms. The Kier molecular flexibility index (Phi) is 3.62. The number of aromatic amines is 1. The van der Waals surface area contributed by atoms with E-state index in [2.05, 4.69) is 15.5 Å². The molecule has 2 aromatic heterocycles. The number of rotatable bonds is 4.